The van der Waals surface area contributed by atoms with Crippen LogP contribution in [0.5, 0.6) is 0 Å². The van der Waals surface area contributed by atoms with E-state index in [2.05, 4.69) is 16.9 Å². The molecule has 0 aromatic carbocycles. The van der Waals surface area contributed by atoms with Crippen molar-refractivity contribution in [2.75, 3.05) is 13.1 Å². The number of rotatable bonds is 4. The van der Waals surface area contributed by atoms with Gasteiger partial charge in [0.2, 0.25) is 0 Å². The third-order valence-electron chi connectivity index (χ3n) is 4.72. The lowest BCUT2D eigenvalue weighted by molar-refractivity contribution is -0.152. The third kappa shape index (κ3) is 2.52. The van der Waals surface area contributed by atoms with E-state index in [4.69, 9.17) is 0 Å². The second-order valence-electron chi connectivity index (χ2n) is 5.53. The van der Waals surface area contributed by atoms with Crippen LogP contribution in [0, 0.1) is 5.41 Å². The maximum absolute atomic E-state index is 11.4. The van der Waals surface area contributed by atoms with Crippen LogP contribution in [0.1, 0.15) is 44.8 Å². The van der Waals surface area contributed by atoms with Gasteiger partial charge in [-0.3, -0.25) is 14.4 Å². The molecule has 2 rings (SSSR count). The van der Waals surface area contributed by atoms with Crippen molar-refractivity contribution >= 4 is 5.97 Å². The molecule has 5 nitrogen and oxygen atoms in total. The van der Waals surface area contributed by atoms with Crippen molar-refractivity contribution in [3.05, 3.63) is 18.0 Å². The van der Waals surface area contributed by atoms with Gasteiger partial charge in [0.1, 0.15) is 0 Å². The molecule has 1 aliphatic rings. The number of piperidine rings is 1. The number of carboxylic acids is 1. The minimum absolute atomic E-state index is 0.288. The fourth-order valence-corrected chi connectivity index (χ4v) is 3.04. The van der Waals surface area contributed by atoms with Crippen LogP contribution < -0.4 is 0 Å². The van der Waals surface area contributed by atoms with Crippen LogP contribution in [0.25, 0.3) is 0 Å². The molecule has 0 spiro atoms. The number of likely N-dealkylation sites (tertiary alicyclic amines) is 1. The van der Waals surface area contributed by atoms with Crippen molar-refractivity contribution in [2.45, 2.75) is 39.2 Å². The van der Waals surface area contributed by atoms with Gasteiger partial charge in [-0.2, -0.15) is 5.10 Å². The first-order valence-corrected chi connectivity index (χ1v) is 6.95. The summed E-state index contributed by atoms with van der Waals surface area (Å²) >= 11 is 0. The lowest BCUT2D eigenvalue weighted by Gasteiger charge is -2.40. The Hall–Kier alpha value is -1.36. The Kier molecular flexibility index (Phi) is 3.94. The molecule has 2 heterocycles. The molecule has 1 N–H and O–H groups in total. The highest BCUT2D eigenvalue weighted by Crippen LogP contribution is 2.37. The number of carboxylic acid groups (broad SMARTS) is 1. The Morgan fingerprint density at radius 1 is 1.53 bits per heavy atom. The van der Waals surface area contributed by atoms with Crippen LogP contribution in [0.15, 0.2) is 12.3 Å². The van der Waals surface area contributed by atoms with Crippen molar-refractivity contribution in [3.63, 3.8) is 0 Å². The first-order chi connectivity index (χ1) is 9.00. The molecule has 1 saturated heterocycles. The smallest absolute Gasteiger partial charge is 0.309 e. The van der Waals surface area contributed by atoms with E-state index in [-0.39, 0.29) is 6.04 Å². The number of hydrogen-bond acceptors (Lipinski definition) is 3. The average molecular weight is 265 g/mol. The first kappa shape index (κ1) is 14.1. The van der Waals surface area contributed by atoms with Gasteiger partial charge in [-0.25, -0.2) is 0 Å². The molecule has 0 bridgehead atoms. The fourth-order valence-electron chi connectivity index (χ4n) is 3.04. The Morgan fingerprint density at radius 3 is 2.58 bits per heavy atom. The molecule has 0 amide bonds. The molecule has 0 radical (unpaired) electrons. The monoisotopic (exact) mass is 265 g/mol. The van der Waals surface area contributed by atoms with Crippen LogP contribution in [0.4, 0.5) is 0 Å². The van der Waals surface area contributed by atoms with Gasteiger partial charge in [0.05, 0.1) is 11.1 Å². The Labute approximate surface area is 114 Å². The van der Waals surface area contributed by atoms with E-state index in [1.807, 2.05) is 30.9 Å². The lowest BCUT2D eigenvalue weighted by Crippen LogP contribution is -2.45. The second kappa shape index (κ2) is 5.33. The zero-order chi connectivity index (χ0) is 14.0. The predicted octanol–water partition coefficient (Wildman–Crippen LogP) is 2.06. The van der Waals surface area contributed by atoms with Gasteiger partial charge in [-0.05, 0) is 45.3 Å². The molecular formula is C14H23N3O2. The van der Waals surface area contributed by atoms with E-state index >= 15 is 0 Å². The van der Waals surface area contributed by atoms with E-state index in [0.29, 0.717) is 0 Å². The van der Waals surface area contributed by atoms with E-state index in [1.54, 1.807) is 0 Å². The largest absolute Gasteiger partial charge is 0.481 e. The maximum Gasteiger partial charge on any atom is 0.309 e. The van der Waals surface area contributed by atoms with Gasteiger partial charge in [-0.15, -0.1) is 0 Å². The van der Waals surface area contributed by atoms with Crippen molar-refractivity contribution < 1.29 is 9.90 Å². The van der Waals surface area contributed by atoms with Crippen LogP contribution in [0.2, 0.25) is 0 Å². The summed E-state index contributed by atoms with van der Waals surface area (Å²) in [4.78, 5) is 13.8. The molecule has 1 fully saturated rings. The summed E-state index contributed by atoms with van der Waals surface area (Å²) in [6.07, 6.45) is 4.00. The zero-order valence-corrected chi connectivity index (χ0v) is 12.0. The Balaban J connectivity index is 2.04. The molecule has 106 valence electrons. The molecule has 1 atom stereocenters. The predicted molar refractivity (Wildman–Crippen MR) is 72.8 cm³/mol. The van der Waals surface area contributed by atoms with Crippen molar-refractivity contribution in [3.8, 4) is 0 Å². The normalized spacial score (nSPS) is 21.2. The summed E-state index contributed by atoms with van der Waals surface area (Å²) in [6, 6.07) is 2.32. The number of aromatic nitrogens is 2. The molecule has 5 heteroatoms. The SMILES string of the molecule is CCC1(C(=O)O)CCN(C(C)c2ccnn2C)CC1. The maximum atomic E-state index is 11.4. The van der Waals surface area contributed by atoms with Crippen LogP contribution in [0.3, 0.4) is 0 Å². The molecular weight excluding hydrogens is 242 g/mol. The summed E-state index contributed by atoms with van der Waals surface area (Å²) in [5.41, 5.74) is 0.669. The molecule has 0 saturated carbocycles. The molecule has 1 unspecified atom stereocenters. The number of aliphatic carboxylic acids is 1. The first-order valence-electron chi connectivity index (χ1n) is 6.95. The number of nitrogens with zero attached hydrogens (tertiary/aromatic N) is 3. The van der Waals surface area contributed by atoms with Gasteiger partial charge >= 0.3 is 5.97 Å². The van der Waals surface area contributed by atoms with Crippen LogP contribution in [-0.2, 0) is 11.8 Å². The number of hydrogen-bond donors (Lipinski definition) is 1. The Morgan fingerprint density at radius 2 is 2.16 bits per heavy atom. The topological polar surface area (TPSA) is 58.4 Å². The highest BCUT2D eigenvalue weighted by atomic mass is 16.4. The minimum Gasteiger partial charge on any atom is -0.481 e. The average Bonchev–Trinajstić information content (AvgIpc) is 2.84. The summed E-state index contributed by atoms with van der Waals surface area (Å²) < 4.78 is 1.89. The zero-order valence-electron chi connectivity index (χ0n) is 12.0. The summed E-state index contributed by atoms with van der Waals surface area (Å²) in [5, 5.41) is 13.6. The minimum atomic E-state index is -0.636. The van der Waals surface area contributed by atoms with Crippen LogP contribution >= 0.6 is 0 Å². The standard InChI is InChI=1S/C14H23N3O2/c1-4-14(13(18)19)6-9-17(10-7-14)11(2)12-5-8-15-16(12)3/h5,8,11H,4,6-7,9-10H2,1-3H3,(H,18,19). The van der Waals surface area contributed by atoms with E-state index in [9.17, 15) is 9.90 Å². The summed E-state index contributed by atoms with van der Waals surface area (Å²) in [5.74, 6) is -0.636. The third-order valence-corrected chi connectivity index (χ3v) is 4.72. The van der Waals surface area contributed by atoms with Gasteiger partial charge < -0.3 is 5.11 Å². The van der Waals surface area contributed by atoms with E-state index < -0.39 is 11.4 Å². The Bertz CT molecular complexity index is 447. The van der Waals surface area contributed by atoms with Gasteiger partial charge in [0.15, 0.2) is 0 Å². The van der Waals surface area contributed by atoms with Crippen molar-refractivity contribution in [1.82, 2.24) is 14.7 Å². The van der Waals surface area contributed by atoms with Gasteiger partial charge in [-0.1, -0.05) is 6.92 Å². The molecule has 19 heavy (non-hydrogen) atoms. The highest BCUT2D eigenvalue weighted by molar-refractivity contribution is 5.74. The second-order valence-corrected chi connectivity index (χ2v) is 5.53. The van der Waals surface area contributed by atoms with E-state index in [1.165, 1.54) is 5.69 Å². The summed E-state index contributed by atoms with van der Waals surface area (Å²) in [7, 11) is 1.95. The number of aryl methyl sites for hydroxylation is 1. The van der Waals surface area contributed by atoms with Crippen molar-refractivity contribution in [2.24, 2.45) is 12.5 Å². The van der Waals surface area contributed by atoms with Gasteiger partial charge in [0, 0.05) is 19.3 Å². The summed E-state index contributed by atoms with van der Waals surface area (Å²) in [6.45, 7) is 5.82. The molecule has 1 aromatic rings. The highest BCUT2D eigenvalue weighted by Gasteiger charge is 2.40. The van der Waals surface area contributed by atoms with Gasteiger partial charge in [0.25, 0.3) is 0 Å². The number of carbonyl (C=O) groups is 1. The van der Waals surface area contributed by atoms with Crippen LogP contribution in [-0.4, -0.2) is 38.8 Å². The quantitative estimate of drug-likeness (QED) is 0.905. The molecule has 1 aliphatic heterocycles. The fraction of sp³-hybridized carbons (Fsp3) is 0.714. The molecule has 0 aliphatic carbocycles. The van der Waals surface area contributed by atoms with E-state index in [0.717, 1.165) is 32.4 Å². The van der Waals surface area contributed by atoms with Crippen molar-refractivity contribution in [1.29, 1.82) is 0 Å². The lowest BCUT2D eigenvalue weighted by atomic mass is 9.76. The molecule has 1 aromatic heterocycles.